The SMILES string of the molecule is COc1ccc(NC(=O)N2CCC(Oc3nc4c(C)ccc(C)c4s3)CC2)cc1OC. The van der Waals surface area contributed by atoms with Crippen molar-refractivity contribution >= 4 is 33.3 Å². The van der Waals surface area contributed by atoms with E-state index in [9.17, 15) is 4.79 Å². The number of carbonyl (C=O) groups is 1. The van der Waals surface area contributed by atoms with Crippen LogP contribution in [-0.4, -0.2) is 49.3 Å². The van der Waals surface area contributed by atoms with Gasteiger partial charge in [0, 0.05) is 37.7 Å². The second-order valence-corrected chi connectivity index (χ2v) is 8.62. The van der Waals surface area contributed by atoms with Gasteiger partial charge in [-0.05, 0) is 37.1 Å². The Bertz CT molecular complexity index is 1050. The molecule has 7 nitrogen and oxygen atoms in total. The van der Waals surface area contributed by atoms with Crippen LogP contribution in [0.4, 0.5) is 10.5 Å². The number of ether oxygens (including phenoxy) is 3. The van der Waals surface area contributed by atoms with Crippen LogP contribution in [0, 0.1) is 13.8 Å². The number of carbonyl (C=O) groups excluding carboxylic acids is 1. The third-order valence-corrected chi connectivity index (χ3v) is 6.64. The zero-order valence-electron chi connectivity index (χ0n) is 18.2. The van der Waals surface area contributed by atoms with Gasteiger partial charge in [0.1, 0.15) is 6.10 Å². The van der Waals surface area contributed by atoms with Gasteiger partial charge in [-0.2, -0.15) is 0 Å². The molecule has 8 heteroatoms. The monoisotopic (exact) mass is 441 g/mol. The zero-order chi connectivity index (χ0) is 22.0. The molecule has 2 heterocycles. The van der Waals surface area contributed by atoms with Crippen LogP contribution in [0.3, 0.4) is 0 Å². The van der Waals surface area contributed by atoms with E-state index in [1.165, 1.54) is 10.3 Å². The number of amides is 2. The molecule has 3 aromatic rings. The standard InChI is InChI=1S/C23H27N3O4S/c1-14-5-6-15(2)21-20(14)25-23(31-21)30-17-9-11-26(12-10-17)22(27)24-16-7-8-18(28-3)19(13-16)29-4/h5-8,13,17H,9-12H2,1-4H3,(H,24,27). The number of urea groups is 1. The fourth-order valence-electron chi connectivity index (χ4n) is 3.73. The van der Waals surface area contributed by atoms with E-state index in [1.54, 1.807) is 43.8 Å². The molecule has 0 saturated carbocycles. The second kappa shape index (κ2) is 9.01. The summed E-state index contributed by atoms with van der Waals surface area (Å²) in [6, 6.07) is 9.41. The lowest BCUT2D eigenvalue weighted by molar-refractivity contribution is 0.115. The van der Waals surface area contributed by atoms with Gasteiger partial charge >= 0.3 is 6.03 Å². The van der Waals surface area contributed by atoms with Gasteiger partial charge in [0.25, 0.3) is 5.19 Å². The summed E-state index contributed by atoms with van der Waals surface area (Å²) >= 11 is 1.60. The van der Waals surface area contributed by atoms with Gasteiger partial charge < -0.3 is 24.4 Å². The van der Waals surface area contributed by atoms with Crippen molar-refractivity contribution in [3.63, 3.8) is 0 Å². The number of aromatic nitrogens is 1. The molecule has 1 aromatic heterocycles. The number of nitrogens with zero attached hydrogens (tertiary/aromatic N) is 2. The summed E-state index contributed by atoms with van der Waals surface area (Å²) in [5, 5.41) is 3.64. The maximum absolute atomic E-state index is 12.7. The lowest BCUT2D eigenvalue weighted by atomic mass is 10.1. The van der Waals surface area contributed by atoms with Gasteiger partial charge in [-0.1, -0.05) is 23.5 Å². The first-order valence-electron chi connectivity index (χ1n) is 10.3. The minimum atomic E-state index is -0.128. The molecule has 1 fully saturated rings. The lowest BCUT2D eigenvalue weighted by Gasteiger charge is -2.31. The Morgan fingerprint density at radius 2 is 1.77 bits per heavy atom. The minimum absolute atomic E-state index is 0.0614. The first-order valence-corrected chi connectivity index (χ1v) is 11.1. The highest BCUT2D eigenvalue weighted by molar-refractivity contribution is 7.20. The van der Waals surface area contributed by atoms with E-state index >= 15 is 0 Å². The number of nitrogens with one attached hydrogen (secondary N) is 1. The van der Waals surface area contributed by atoms with E-state index in [1.807, 2.05) is 4.90 Å². The average molecular weight is 442 g/mol. The molecule has 2 aromatic carbocycles. The Morgan fingerprint density at radius 3 is 2.45 bits per heavy atom. The number of benzene rings is 2. The number of methoxy groups -OCH3 is 2. The molecule has 1 aliphatic heterocycles. The average Bonchev–Trinajstić information content (AvgIpc) is 3.22. The van der Waals surface area contributed by atoms with E-state index in [2.05, 4.69) is 36.3 Å². The Morgan fingerprint density at radius 1 is 1.06 bits per heavy atom. The summed E-state index contributed by atoms with van der Waals surface area (Å²) in [7, 11) is 3.15. The van der Waals surface area contributed by atoms with Crippen molar-refractivity contribution in [3.8, 4) is 16.7 Å². The van der Waals surface area contributed by atoms with Crippen LogP contribution in [0.5, 0.6) is 16.7 Å². The number of thiazole rings is 1. The number of fused-ring (bicyclic) bond motifs is 1. The van der Waals surface area contributed by atoms with Crippen LogP contribution in [0.25, 0.3) is 10.2 Å². The number of hydrogen-bond donors (Lipinski definition) is 1. The van der Waals surface area contributed by atoms with Crippen LogP contribution in [0.2, 0.25) is 0 Å². The Hall–Kier alpha value is -3.00. The molecule has 0 radical (unpaired) electrons. The van der Waals surface area contributed by atoms with Crippen LogP contribution < -0.4 is 19.5 Å². The van der Waals surface area contributed by atoms with Crippen molar-refractivity contribution in [2.75, 3.05) is 32.6 Å². The van der Waals surface area contributed by atoms with Gasteiger partial charge in [0.2, 0.25) is 0 Å². The predicted molar refractivity (Wildman–Crippen MR) is 123 cm³/mol. The topological polar surface area (TPSA) is 72.9 Å². The molecule has 0 spiro atoms. The number of rotatable bonds is 5. The molecule has 0 bridgehead atoms. The number of hydrogen-bond acceptors (Lipinski definition) is 6. The zero-order valence-corrected chi connectivity index (χ0v) is 19.0. The largest absolute Gasteiger partial charge is 0.493 e. The third kappa shape index (κ3) is 4.54. The van der Waals surface area contributed by atoms with E-state index in [-0.39, 0.29) is 12.1 Å². The summed E-state index contributed by atoms with van der Waals surface area (Å²) in [5.41, 5.74) is 4.07. The molecule has 1 aliphatic rings. The summed E-state index contributed by atoms with van der Waals surface area (Å²) in [5.74, 6) is 1.20. The summed E-state index contributed by atoms with van der Waals surface area (Å²) < 4.78 is 17.9. The number of aryl methyl sites for hydroxylation is 2. The first kappa shape index (κ1) is 21.2. The summed E-state index contributed by atoms with van der Waals surface area (Å²) in [6.07, 6.45) is 1.60. The van der Waals surface area contributed by atoms with Gasteiger partial charge in [-0.3, -0.25) is 0 Å². The van der Waals surface area contributed by atoms with Crippen LogP contribution in [0.15, 0.2) is 30.3 Å². The van der Waals surface area contributed by atoms with Gasteiger partial charge in [0.15, 0.2) is 11.5 Å². The highest BCUT2D eigenvalue weighted by Crippen LogP contribution is 2.34. The Balaban J connectivity index is 1.34. The molecule has 0 aliphatic carbocycles. The van der Waals surface area contributed by atoms with E-state index in [0.29, 0.717) is 35.5 Å². The van der Waals surface area contributed by atoms with E-state index in [0.717, 1.165) is 23.9 Å². The molecule has 0 unspecified atom stereocenters. The van der Waals surface area contributed by atoms with Crippen LogP contribution >= 0.6 is 11.3 Å². The molecule has 1 N–H and O–H groups in total. The smallest absolute Gasteiger partial charge is 0.321 e. The molecule has 2 amide bonds. The normalized spacial score (nSPS) is 14.5. The van der Waals surface area contributed by atoms with Crippen LogP contribution in [0.1, 0.15) is 24.0 Å². The maximum Gasteiger partial charge on any atom is 0.321 e. The molecule has 0 atom stereocenters. The highest BCUT2D eigenvalue weighted by Gasteiger charge is 2.25. The molecule has 4 rings (SSSR count). The summed E-state index contributed by atoms with van der Waals surface area (Å²) in [4.78, 5) is 19.2. The number of piperidine rings is 1. The van der Waals surface area contributed by atoms with E-state index < -0.39 is 0 Å². The van der Waals surface area contributed by atoms with Gasteiger partial charge in [-0.25, -0.2) is 9.78 Å². The van der Waals surface area contributed by atoms with Crippen LogP contribution in [-0.2, 0) is 0 Å². The first-order chi connectivity index (χ1) is 15.0. The molecule has 31 heavy (non-hydrogen) atoms. The molecular weight excluding hydrogens is 414 g/mol. The predicted octanol–water partition coefficient (Wildman–Crippen LogP) is 5.01. The second-order valence-electron chi connectivity index (χ2n) is 7.66. The van der Waals surface area contributed by atoms with Crippen molar-refractivity contribution in [3.05, 3.63) is 41.5 Å². The highest BCUT2D eigenvalue weighted by atomic mass is 32.1. The van der Waals surface area contributed by atoms with Gasteiger partial charge in [-0.15, -0.1) is 0 Å². The van der Waals surface area contributed by atoms with Crippen molar-refractivity contribution < 1.29 is 19.0 Å². The van der Waals surface area contributed by atoms with Crippen molar-refractivity contribution in [1.82, 2.24) is 9.88 Å². The molecule has 164 valence electrons. The third-order valence-electron chi connectivity index (χ3n) is 5.55. The number of likely N-dealkylation sites (tertiary alicyclic amines) is 1. The fourth-order valence-corrected chi connectivity index (χ4v) is 4.75. The Labute approximate surface area is 185 Å². The fraction of sp³-hybridized carbons (Fsp3) is 0.391. The molecule has 1 saturated heterocycles. The van der Waals surface area contributed by atoms with Crippen molar-refractivity contribution in [2.45, 2.75) is 32.8 Å². The quantitative estimate of drug-likeness (QED) is 0.603. The van der Waals surface area contributed by atoms with Crippen molar-refractivity contribution in [2.24, 2.45) is 0 Å². The van der Waals surface area contributed by atoms with Gasteiger partial charge in [0.05, 0.1) is 24.4 Å². The lowest BCUT2D eigenvalue weighted by Crippen LogP contribution is -2.43. The summed E-state index contributed by atoms with van der Waals surface area (Å²) in [6.45, 7) is 5.43. The van der Waals surface area contributed by atoms with Crippen molar-refractivity contribution in [1.29, 1.82) is 0 Å². The minimum Gasteiger partial charge on any atom is -0.493 e. The molecular formula is C23H27N3O4S. The van der Waals surface area contributed by atoms with E-state index in [4.69, 9.17) is 14.2 Å². The number of anilines is 1. The maximum atomic E-state index is 12.7. The Kier molecular flexibility index (Phi) is 6.18.